The second kappa shape index (κ2) is 7.16. The van der Waals surface area contributed by atoms with Gasteiger partial charge in [0.15, 0.2) is 0 Å². The molecule has 0 aromatic rings. The zero-order chi connectivity index (χ0) is 9.40. The fourth-order valence-corrected chi connectivity index (χ4v) is 1.30. The maximum Gasteiger partial charge on any atom is 0.0655 e. The zero-order valence-electron chi connectivity index (χ0n) is 8.64. The smallest absolute Gasteiger partial charge is 0.0655 e. The highest BCUT2D eigenvalue weighted by Gasteiger charge is 2.03. The first-order valence-corrected chi connectivity index (χ1v) is 5.10. The van der Waals surface area contributed by atoms with E-state index in [9.17, 15) is 0 Å². The Morgan fingerprint density at radius 3 is 2.17 bits per heavy atom. The number of rotatable bonds is 6. The van der Waals surface area contributed by atoms with Gasteiger partial charge < -0.3 is 0 Å². The van der Waals surface area contributed by atoms with Crippen LogP contribution in [0.1, 0.15) is 52.9 Å². The summed E-state index contributed by atoms with van der Waals surface area (Å²) in [5.74, 6) is 1.12. The van der Waals surface area contributed by atoms with Crippen LogP contribution in [0.2, 0.25) is 0 Å². The van der Waals surface area contributed by atoms with Crippen LogP contribution in [0, 0.1) is 23.2 Å². The molecule has 0 saturated carbocycles. The van der Waals surface area contributed by atoms with Gasteiger partial charge in [0, 0.05) is 5.92 Å². The van der Waals surface area contributed by atoms with E-state index in [1.54, 1.807) is 0 Å². The van der Waals surface area contributed by atoms with E-state index in [-0.39, 0.29) is 0 Å². The van der Waals surface area contributed by atoms with E-state index in [4.69, 9.17) is 5.26 Å². The van der Waals surface area contributed by atoms with Crippen molar-refractivity contribution in [3.8, 4) is 6.07 Å². The summed E-state index contributed by atoms with van der Waals surface area (Å²) >= 11 is 0. The molecule has 0 bridgehead atoms. The van der Waals surface area contributed by atoms with Gasteiger partial charge in [-0.05, 0) is 18.8 Å². The van der Waals surface area contributed by atoms with Gasteiger partial charge >= 0.3 is 0 Å². The van der Waals surface area contributed by atoms with Gasteiger partial charge in [0.2, 0.25) is 0 Å². The van der Waals surface area contributed by atoms with Gasteiger partial charge in [0.05, 0.1) is 6.07 Å². The molecule has 0 heterocycles. The van der Waals surface area contributed by atoms with E-state index >= 15 is 0 Å². The molecule has 1 nitrogen and oxygen atoms in total. The second-order valence-electron chi connectivity index (χ2n) is 3.91. The molecule has 0 aromatic carbocycles. The maximum atomic E-state index is 8.68. The SMILES string of the molecule is CCC(C#N)CCCCC(C)C. The Balaban J connectivity index is 3.25. The third kappa shape index (κ3) is 6.22. The third-order valence-electron chi connectivity index (χ3n) is 2.26. The van der Waals surface area contributed by atoms with Crippen molar-refractivity contribution in [3.05, 3.63) is 0 Å². The van der Waals surface area contributed by atoms with Crippen LogP contribution in [0.25, 0.3) is 0 Å². The minimum absolute atomic E-state index is 0.303. The Labute approximate surface area is 76.8 Å². The van der Waals surface area contributed by atoms with Gasteiger partial charge in [-0.2, -0.15) is 5.26 Å². The van der Waals surface area contributed by atoms with Crippen molar-refractivity contribution in [2.45, 2.75) is 52.9 Å². The molecule has 12 heavy (non-hydrogen) atoms. The number of hydrogen-bond acceptors (Lipinski definition) is 1. The largest absolute Gasteiger partial charge is 0.198 e. The van der Waals surface area contributed by atoms with Crippen molar-refractivity contribution >= 4 is 0 Å². The van der Waals surface area contributed by atoms with Crippen molar-refractivity contribution in [2.75, 3.05) is 0 Å². The molecule has 70 valence electrons. The van der Waals surface area contributed by atoms with E-state index in [1.165, 1.54) is 19.3 Å². The van der Waals surface area contributed by atoms with Crippen molar-refractivity contribution in [1.82, 2.24) is 0 Å². The number of hydrogen-bond donors (Lipinski definition) is 0. The quantitative estimate of drug-likeness (QED) is 0.553. The number of unbranched alkanes of at least 4 members (excludes halogenated alkanes) is 1. The summed E-state index contributed by atoms with van der Waals surface area (Å²) in [5, 5.41) is 8.68. The average molecular weight is 167 g/mol. The average Bonchev–Trinajstić information content (AvgIpc) is 2.04. The Morgan fingerprint density at radius 1 is 1.17 bits per heavy atom. The Kier molecular flexibility index (Phi) is 6.85. The first-order chi connectivity index (χ1) is 5.70. The molecule has 0 aliphatic heterocycles. The van der Waals surface area contributed by atoms with Gasteiger partial charge in [0.1, 0.15) is 0 Å². The van der Waals surface area contributed by atoms with Crippen LogP contribution in [0.5, 0.6) is 0 Å². The number of nitrogens with zero attached hydrogens (tertiary/aromatic N) is 1. The van der Waals surface area contributed by atoms with Gasteiger partial charge in [0.25, 0.3) is 0 Å². The number of nitriles is 1. The van der Waals surface area contributed by atoms with Crippen LogP contribution in [-0.2, 0) is 0 Å². The lowest BCUT2D eigenvalue weighted by molar-refractivity contribution is 0.486. The van der Waals surface area contributed by atoms with E-state index in [0.717, 1.165) is 18.8 Å². The van der Waals surface area contributed by atoms with Gasteiger partial charge in [-0.25, -0.2) is 0 Å². The zero-order valence-corrected chi connectivity index (χ0v) is 8.64. The minimum Gasteiger partial charge on any atom is -0.198 e. The normalized spacial score (nSPS) is 12.9. The predicted molar refractivity (Wildman–Crippen MR) is 52.7 cm³/mol. The van der Waals surface area contributed by atoms with Crippen LogP contribution in [0.4, 0.5) is 0 Å². The van der Waals surface area contributed by atoms with Gasteiger partial charge in [-0.1, -0.05) is 40.0 Å². The first kappa shape index (κ1) is 11.5. The molecule has 0 saturated heterocycles. The predicted octanol–water partition coefficient (Wildman–Crippen LogP) is 3.75. The van der Waals surface area contributed by atoms with Crippen molar-refractivity contribution in [2.24, 2.45) is 11.8 Å². The maximum absolute atomic E-state index is 8.68. The van der Waals surface area contributed by atoms with Crippen LogP contribution in [0.3, 0.4) is 0 Å². The van der Waals surface area contributed by atoms with Gasteiger partial charge in [-0.15, -0.1) is 0 Å². The van der Waals surface area contributed by atoms with E-state index in [1.807, 2.05) is 0 Å². The van der Waals surface area contributed by atoms with E-state index in [2.05, 4.69) is 26.8 Å². The third-order valence-corrected chi connectivity index (χ3v) is 2.26. The lowest BCUT2D eigenvalue weighted by Crippen LogP contribution is -1.95. The first-order valence-electron chi connectivity index (χ1n) is 5.10. The Hall–Kier alpha value is -0.510. The topological polar surface area (TPSA) is 23.8 Å². The molecule has 0 fully saturated rings. The highest BCUT2D eigenvalue weighted by Crippen LogP contribution is 2.14. The summed E-state index contributed by atoms with van der Waals surface area (Å²) in [4.78, 5) is 0. The van der Waals surface area contributed by atoms with Crippen LogP contribution >= 0.6 is 0 Å². The highest BCUT2D eigenvalue weighted by atomic mass is 14.3. The minimum atomic E-state index is 0.303. The summed E-state index contributed by atoms with van der Waals surface area (Å²) < 4.78 is 0. The van der Waals surface area contributed by atoms with Gasteiger partial charge in [-0.3, -0.25) is 0 Å². The molecular formula is C11H21N. The van der Waals surface area contributed by atoms with Crippen LogP contribution in [-0.4, -0.2) is 0 Å². The summed E-state index contributed by atoms with van der Waals surface area (Å²) in [6, 6.07) is 2.34. The molecule has 0 amide bonds. The fourth-order valence-electron chi connectivity index (χ4n) is 1.30. The van der Waals surface area contributed by atoms with Crippen LogP contribution in [0.15, 0.2) is 0 Å². The monoisotopic (exact) mass is 167 g/mol. The molecule has 1 atom stereocenters. The molecule has 1 unspecified atom stereocenters. The van der Waals surface area contributed by atoms with E-state index < -0.39 is 0 Å². The molecule has 0 N–H and O–H groups in total. The van der Waals surface area contributed by atoms with Crippen molar-refractivity contribution < 1.29 is 0 Å². The standard InChI is InChI=1S/C11H21N/c1-4-11(9-12)8-6-5-7-10(2)3/h10-11H,4-8H2,1-3H3. The molecular weight excluding hydrogens is 146 g/mol. The Bertz CT molecular complexity index is 132. The van der Waals surface area contributed by atoms with Crippen molar-refractivity contribution in [1.29, 1.82) is 5.26 Å². The highest BCUT2D eigenvalue weighted by molar-refractivity contribution is 4.80. The summed E-state index contributed by atoms with van der Waals surface area (Å²) in [5.41, 5.74) is 0. The van der Waals surface area contributed by atoms with Crippen LogP contribution < -0.4 is 0 Å². The molecule has 0 aliphatic carbocycles. The summed E-state index contributed by atoms with van der Waals surface area (Å²) in [6.07, 6.45) is 5.93. The van der Waals surface area contributed by atoms with Crippen molar-refractivity contribution in [3.63, 3.8) is 0 Å². The molecule has 1 heteroatoms. The molecule has 0 aromatic heterocycles. The molecule has 0 spiro atoms. The summed E-state index contributed by atoms with van der Waals surface area (Å²) in [6.45, 7) is 6.60. The summed E-state index contributed by atoms with van der Waals surface area (Å²) in [7, 11) is 0. The molecule has 0 rings (SSSR count). The Morgan fingerprint density at radius 2 is 1.75 bits per heavy atom. The lowest BCUT2D eigenvalue weighted by Gasteiger charge is -2.06. The second-order valence-corrected chi connectivity index (χ2v) is 3.91. The molecule has 0 radical (unpaired) electrons. The molecule has 0 aliphatic rings. The fraction of sp³-hybridized carbons (Fsp3) is 0.909. The van der Waals surface area contributed by atoms with E-state index in [0.29, 0.717) is 5.92 Å². The lowest BCUT2D eigenvalue weighted by atomic mass is 9.98.